The van der Waals surface area contributed by atoms with Gasteiger partial charge < -0.3 is 10.1 Å². The highest BCUT2D eigenvalue weighted by Gasteiger charge is 2.32. The van der Waals surface area contributed by atoms with Crippen molar-refractivity contribution in [1.29, 1.82) is 0 Å². The molecule has 28 heavy (non-hydrogen) atoms. The molecule has 0 aliphatic heterocycles. The number of hydrogen-bond donors (Lipinski definition) is 1. The van der Waals surface area contributed by atoms with Gasteiger partial charge in [0.2, 0.25) is 0 Å². The van der Waals surface area contributed by atoms with Crippen LogP contribution in [-0.2, 0) is 23.9 Å². The van der Waals surface area contributed by atoms with Gasteiger partial charge in [-0.3, -0.25) is 4.79 Å². The van der Waals surface area contributed by atoms with E-state index in [-0.39, 0.29) is 25.1 Å². The van der Waals surface area contributed by atoms with Crippen molar-refractivity contribution in [2.45, 2.75) is 19.2 Å². The molecule has 0 fully saturated rings. The smallest absolute Gasteiger partial charge is 0.380 e. The van der Waals surface area contributed by atoms with Crippen LogP contribution in [0.5, 0.6) is 0 Å². The maximum absolute atomic E-state index is 14.2. The topological polar surface area (TPSA) is 38.3 Å². The summed E-state index contributed by atoms with van der Waals surface area (Å²) < 4.78 is 59.1. The molecule has 0 aliphatic carbocycles. The molecular formula is C20H17F4NO2S. The molecule has 8 heteroatoms. The Balaban J connectivity index is 1.78. The zero-order chi connectivity index (χ0) is 20.3. The fourth-order valence-electron chi connectivity index (χ4n) is 3.04. The quantitative estimate of drug-likeness (QED) is 0.568. The molecule has 3 aromatic rings. The number of benzene rings is 2. The largest absolute Gasteiger partial charge is 0.416 e. The zero-order valence-electron chi connectivity index (χ0n) is 14.9. The molecule has 1 N–H and O–H groups in total. The summed E-state index contributed by atoms with van der Waals surface area (Å²) in [6, 6.07) is 9.83. The van der Waals surface area contributed by atoms with Crippen molar-refractivity contribution >= 4 is 27.3 Å². The highest BCUT2D eigenvalue weighted by molar-refractivity contribution is 7.21. The van der Waals surface area contributed by atoms with Gasteiger partial charge in [-0.2, -0.15) is 13.2 Å². The minimum Gasteiger partial charge on any atom is -0.380 e. The number of fused-ring (bicyclic) bond motifs is 1. The van der Waals surface area contributed by atoms with E-state index in [1.54, 1.807) is 12.1 Å². The molecule has 0 saturated heterocycles. The van der Waals surface area contributed by atoms with Crippen LogP contribution in [0.2, 0.25) is 0 Å². The number of thiophene rings is 1. The first-order valence-corrected chi connectivity index (χ1v) is 9.26. The van der Waals surface area contributed by atoms with Gasteiger partial charge >= 0.3 is 6.18 Å². The predicted molar refractivity (Wildman–Crippen MR) is 100.0 cm³/mol. The highest BCUT2D eigenvalue weighted by Crippen LogP contribution is 2.34. The van der Waals surface area contributed by atoms with Crippen LogP contribution in [0.1, 0.15) is 26.4 Å². The number of carbonyl (C=O) groups is 1. The van der Waals surface area contributed by atoms with Gasteiger partial charge in [0.1, 0.15) is 5.82 Å². The summed E-state index contributed by atoms with van der Waals surface area (Å²) in [4.78, 5) is 12.9. The molecule has 2 aromatic carbocycles. The second-order valence-corrected chi connectivity index (χ2v) is 7.17. The van der Waals surface area contributed by atoms with Crippen LogP contribution >= 0.6 is 11.3 Å². The molecule has 0 saturated carbocycles. The first-order valence-electron chi connectivity index (χ1n) is 8.45. The van der Waals surface area contributed by atoms with Gasteiger partial charge in [0.25, 0.3) is 5.91 Å². The van der Waals surface area contributed by atoms with Crippen LogP contribution in [0, 0.1) is 5.82 Å². The lowest BCUT2D eigenvalue weighted by molar-refractivity contribution is -0.138. The van der Waals surface area contributed by atoms with Crippen molar-refractivity contribution in [3.63, 3.8) is 0 Å². The van der Waals surface area contributed by atoms with Gasteiger partial charge in [0.05, 0.1) is 17.0 Å². The maximum Gasteiger partial charge on any atom is 0.416 e. The van der Waals surface area contributed by atoms with Crippen molar-refractivity contribution in [3.05, 3.63) is 69.8 Å². The number of rotatable bonds is 6. The highest BCUT2D eigenvalue weighted by atomic mass is 32.1. The number of methoxy groups -OCH3 is 1. The summed E-state index contributed by atoms with van der Waals surface area (Å²) in [7, 11) is 1.44. The summed E-state index contributed by atoms with van der Waals surface area (Å²) in [5.74, 6) is -0.906. The lowest BCUT2D eigenvalue weighted by atomic mass is 10.0. The van der Waals surface area contributed by atoms with Crippen molar-refractivity contribution in [2.24, 2.45) is 0 Å². The van der Waals surface area contributed by atoms with Crippen molar-refractivity contribution < 1.29 is 27.1 Å². The Morgan fingerprint density at radius 3 is 2.61 bits per heavy atom. The minimum absolute atomic E-state index is 0.0229. The third kappa shape index (κ3) is 4.18. The first kappa shape index (κ1) is 20.3. The van der Waals surface area contributed by atoms with Gasteiger partial charge in [0, 0.05) is 29.3 Å². The zero-order valence-corrected chi connectivity index (χ0v) is 15.7. The SMILES string of the molecule is COCc1c(C(=O)NCCc2ccccc2C(F)(F)F)sc2cccc(F)c12. The average Bonchev–Trinajstić information content (AvgIpc) is 3.01. The first-order chi connectivity index (χ1) is 13.3. The van der Waals surface area contributed by atoms with Crippen LogP contribution in [0.15, 0.2) is 42.5 Å². The lowest BCUT2D eigenvalue weighted by Crippen LogP contribution is -2.26. The predicted octanol–water partition coefficient (Wildman–Crippen LogP) is 5.18. The van der Waals surface area contributed by atoms with E-state index in [1.807, 2.05) is 0 Å². The van der Waals surface area contributed by atoms with Crippen LogP contribution < -0.4 is 5.32 Å². The van der Waals surface area contributed by atoms with Gasteiger partial charge in [-0.15, -0.1) is 11.3 Å². The maximum atomic E-state index is 14.2. The Morgan fingerprint density at radius 1 is 1.14 bits per heavy atom. The Bertz CT molecular complexity index is 998. The van der Waals surface area contributed by atoms with Crippen molar-refractivity contribution in [1.82, 2.24) is 5.32 Å². The molecule has 0 radical (unpaired) electrons. The Labute approximate surface area is 162 Å². The Hall–Kier alpha value is -2.45. The second kappa shape index (κ2) is 8.28. The molecule has 3 rings (SSSR count). The van der Waals surface area contributed by atoms with E-state index < -0.39 is 23.5 Å². The van der Waals surface area contributed by atoms with Gasteiger partial charge in [-0.1, -0.05) is 24.3 Å². The molecule has 1 aromatic heterocycles. The molecule has 3 nitrogen and oxygen atoms in total. The van der Waals surface area contributed by atoms with Gasteiger partial charge in [-0.05, 0) is 30.2 Å². The number of hydrogen-bond acceptors (Lipinski definition) is 3. The number of amides is 1. The van der Waals surface area contributed by atoms with E-state index in [0.717, 1.165) is 17.4 Å². The van der Waals surface area contributed by atoms with E-state index in [2.05, 4.69) is 5.32 Å². The lowest BCUT2D eigenvalue weighted by Gasteiger charge is -2.13. The number of nitrogens with one attached hydrogen (secondary N) is 1. The molecule has 1 heterocycles. The van der Waals surface area contributed by atoms with E-state index in [4.69, 9.17) is 4.74 Å². The van der Waals surface area contributed by atoms with Crippen molar-refractivity contribution in [3.8, 4) is 0 Å². The standard InChI is InChI=1S/C20H17F4NO2S/c1-27-11-13-17-15(21)7-4-8-16(17)28-18(13)19(26)25-10-9-12-5-2-3-6-14(12)20(22,23)24/h2-8H,9-11H2,1H3,(H,25,26). The van der Waals surface area contributed by atoms with Gasteiger partial charge in [0.15, 0.2) is 0 Å². The molecule has 0 spiro atoms. The van der Waals surface area contributed by atoms with Crippen LogP contribution in [-0.4, -0.2) is 19.6 Å². The minimum atomic E-state index is -4.45. The summed E-state index contributed by atoms with van der Waals surface area (Å²) in [5, 5.41) is 2.97. The van der Waals surface area contributed by atoms with Crippen LogP contribution in [0.4, 0.5) is 17.6 Å². The fourth-order valence-corrected chi connectivity index (χ4v) is 4.18. The summed E-state index contributed by atoms with van der Waals surface area (Å²) >= 11 is 1.13. The normalized spacial score (nSPS) is 11.8. The van der Waals surface area contributed by atoms with E-state index in [0.29, 0.717) is 20.5 Å². The number of carbonyl (C=O) groups excluding carboxylic acids is 1. The molecule has 0 unspecified atom stereocenters. The number of ether oxygens (including phenoxy) is 1. The summed E-state index contributed by atoms with van der Waals surface area (Å²) in [5.41, 5.74) is -0.170. The molecular weight excluding hydrogens is 394 g/mol. The molecule has 0 bridgehead atoms. The second-order valence-electron chi connectivity index (χ2n) is 6.12. The summed E-state index contributed by atoms with van der Waals surface area (Å²) in [6.45, 7) is 0.0790. The van der Waals surface area contributed by atoms with Crippen LogP contribution in [0.25, 0.3) is 10.1 Å². The van der Waals surface area contributed by atoms with E-state index >= 15 is 0 Å². The Kier molecular flexibility index (Phi) is 6.00. The van der Waals surface area contributed by atoms with Gasteiger partial charge in [-0.25, -0.2) is 4.39 Å². The van der Waals surface area contributed by atoms with E-state index in [1.165, 1.54) is 31.4 Å². The van der Waals surface area contributed by atoms with E-state index in [9.17, 15) is 22.4 Å². The fraction of sp³-hybridized carbons (Fsp3) is 0.250. The monoisotopic (exact) mass is 411 g/mol. The van der Waals surface area contributed by atoms with Crippen molar-refractivity contribution in [2.75, 3.05) is 13.7 Å². The molecule has 1 amide bonds. The molecule has 0 atom stereocenters. The summed E-state index contributed by atoms with van der Waals surface area (Å²) in [6.07, 6.45) is -4.42. The third-order valence-corrected chi connectivity index (χ3v) is 5.46. The third-order valence-electron chi connectivity index (χ3n) is 4.26. The van der Waals surface area contributed by atoms with Crippen LogP contribution in [0.3, 0.4) is 0 Å². The molecule has 148 valence electrons. The Morgan fingerprint density at radius 2 is 1.89 bits per heavy atom. The molecule has 0 aliphatic rings. The average molecular weight is 411 g/mol. The number of alkyl halides is 3. The number of halogens is 4.